The first-order chi connectivity index (χ1) is 18.1. The van der Waals surface area contributed by atoms with Gasteiger partial charge in [0.2, 0.25) is 5.91 Å². The van der Waals surface area contributed by atoms with Gasteiger partial charge in [0.15, 0.2) is 0 Å². The lowest BCUT2D eigenvalue weighted by Crippen LogP contribution is -2.47. The number of nitrogens with one attached hydrogen (secondary N) is 2. The molecule has 0 saturated carbocycles. The third-order valence-corrected chi connectivity index (χ3v) is 6.70. The number of hydrogen-bond acceptors (Lipinski definition) is 6. The lowest BCUT2D eigenvalue weighted by atomic mass is 10.0. The first-order valence-corrected chi connectivity index (χ1v) is 13.2. The van der Waals surface area contributed by atoms with Crippen LogP contribution < -0.4 is 20.1 Å². The molecule has 38 heavy (non-hydrogen) atoms. The van der Waals surface area contributed by atoms with Crippen molar-refractivity contribution < 1.29 is 24.2 Å². The minimum Gasteiger partial charge on any atom is -0.497 e. The molecule has 208 valence electrons. The van der Waals surface area contributed by atoms with E-state index >= 15 is 0 Å². The molecule has 0 aliphatic carbocycles. The Morgan fingerprint density at radius 3 is 2.55 bits per heavy atom. The number of rotatable bonds is 9. The molecule has 9 nitrogen and oxygen atoms in total. The minimum atomic E-state index is -0.317. The number of carbonyl (C=O) groups is 2. The standard InChI is InChI=1S/C29H42N4O5/c1-19(2)30-29(36)31-24-9-12-26-23(13-24)14-28(35)33(21(4)18-34)15-20(3)27(38-26)17-32(5)16-22-7-10-25(37-6)11-8-22/h7-13,19-21,27,34H,14-18H2,1-6H3,(H2,30,31,36)/t20-,21-,27-/m1/s1. The highest BCUT2D eigenvalue weighted by Gasteiger charge is 2.31. The maximum Gasteiger partial charge on any atom is 0.319 e. The zero-order valence-corrected chi connectivity index (χ0v) is 23.4. The molecule has 1 aliphatic rings. The quantitative estimate of drug-likeness (QED) is 0.462. The SMILES string of the molecule is COc1ccc(CN(C)C[C@H]2Oc3ccc(NC(=O)NC(C)C)cc3CC(=O)N([C@H](C)CO)C[C@H]2C)cc1. The number of amides is 3. The second-order valence-corrected chi connectivity index (χ2v) is 10.5. The number of aliphatic hydroxyl groups excluding tert-OH is 1. The van der Waals surface area contributed by atoms with Gasteiger partial charge < -0.3 is 30.1 Å². The van der Waals surface area contributed by atoms with E-state index in [1.165, 1.54) is 0 Å². The predicted octanol–water partition coefficient (Wildman–Crippen LogP) is 3.51. The summed E-state index contributed by atoms with van der Waals surface area (Å²) >= 11 is 0. The number of anilines is 1. The Bertz CT molecular complexity index is 1080. The number of likely N-dealkylation sites (N-methyl/N-ethyl adjacent to an activating group) is 1. The average Bonchev–Trinajstić information content (AvgIpc) is 2.91. The van der Waals surface area contributed by atoms with Crippen LogP contribution in [0.4, 0.5) is 10.5 Å². The van der Waals surface area contributed by atoms with Crippen LogP contribution in [-0.4, -0.2) is 78.9 Å². The molecular formula is C29H42N4O5. The van der Waals surface area contributed by atoms with Crippen molar-refractivity contribution in [3.8, 4) is 11.5 Å². The fraction of sp³-hybridized carbons (Fsp3) is 0.517. The molecule has 0 spiro atoms. The Morgan fingerprint density at radius 1 is 1.21 bits per heavy atom. The molecule has 1 heterocycles. The average molecular weight is 527 g/mol. The Kier molecular flexibility index (Phi) is 10.4. The normalized spacial score (nSPS) is 18.7. The minimum absolute atomic E-state index is 0.00144. The third-order valence-electron chi connectivity index (χ3n) is 6.70. The van der Waals surface area contributed by atoms with Crippen LogP contribution in [0.3, 0.4) is 0 Å². The highest BCUT2D eigenvalue weighted by molar-refractivity contribution is 5.90. The van der Waals surface area contributed by atoms with Crippen molar-refractivity contribution in [3.63, 3.8) is 0 Å². The molecule has 9 heteroatoms. The number of benzene rings is 2. The van der Waals surface area contributed by atoms with Gasteiger partial charge in [0.1, 0.15) is 17.6 Å². The summed E-state index contributed by atoms with van der Waals surface area (Å²) in [4.78, 5) is 29.6. The number of methoxy groups -OCH3 is 1. The van der Waals surface area contributed by atoms with Crippen LogP contribution in [0.5, 0.6) is 11.5 Å². The van der Waals surface area contributed by atoms with Crippen LogP contribution >= 0.6 is 0 Å². The second-order valence-electron chi connectivity index (χ2n) is 10.5. The van der Waals surface area contributed by atoms with E-state index in [1.54, 1.807) is 24.1 Å². The summed E-state index contributed by atoms with van der Waals surface area (Å²) in [6.45, 7) is 9.42. The zero-order valence-electron chi connectivity index (χ0n) is 23.4. The number of ether oxygens (including phenoxy) is 2. The first-order valence-electron chi connectivity index (χ1n) is 13.2. The molecule has 3 atom stereocenters. The summed E-state index contributed by atoms with van der Waals surface area (Å²) in [5.74, 6) is 1.37. The molecule has 3 N–H and O–H groups in total. The predicted molar refractivity (Wildman–Crippen MR) is 149 cm³/mol. The molecule has 0 aromatic heterocycles. The number of aliphatic hydroxyl groups is 1. The van der Waals surface area contributed by atoms with Crippen LogP contribution in [0.1, 0.15) is 38.8 Å². The molecule has 3 amide bonds. The maximum absolute atomic E-state index is 13.4. The lowest BCUT2D eigenvalue weighted by molar-refractivity contribution is -0.134. The van der Waals surface area contributed by atoms with E-state index in [-0.39, 0.29) is 49.1 Å². The van der Waals surface area contributed by atoms with E-state index in [0.29, 0.717) is 30.1 Å². The number of carbonyl (C=O) groups excluding carboxylic acids is 2. The topological polar surface area (TPSA) is 103 Å². The fourth-order valence-electron chi connectivity index (χ4n) is 4.57. The van der Waals surface area contributed by atoms with Gasteiger partial charge in [-0.3, -0.25) is 9.69 Å². The number of urea groups is 1. The van der Waals surface area contributed by atoms with Crippen LogP contribution in [0.25, 0.3) is 0 Å². The third kappa shape index (κ3) is 8.10. The Labute approximate surface area is 226 Å². The van der Waals surface area contributed by atoms with Gasteiger partial charge in [-0.15, -0.1) is 0 Å². The van der Waals surface area contributed by atoms with Crippen molar-refractivity contribution in [1.82, 2.24) is 15.1 Å². The molecule has 0 fully saturated rings. The van der Waals surface area contributed by atoms with Gasteiger partial charge in [0.25, 0.3) is 0 Å². The summed E-state index contributed by atoms with van der Waals surface area (Å²) < 4.78 is 11.8. The van der Waals surface area contributed by atoms with Crippen LogP contribution in [0, 0.1) is 5.92 Å². The van der Waals surface area contributed by atoms with Crippen LogP contribution in [-0.2, 0) is 17.8 Å². The molecule has 0 unspecified atom stereocenters. The number of fused-ring (bicyclic) bond motifs is 1. The van der Waals surface area contributed by atoms with Gasteiger partial charge in [0.05, 0.1) is 26.2 Å². The van der Waals surface area contributed by atoms with E-state index in [0.717, 1.165) is 17.9 Å². The number of hydrogen-bond donors (Lipinski definition) is 3. The van der Waals surface area contributed by atoms with Gasteiger partial charge >= 0.3 is 6.03 Å². The largest absolute Gasteiger partial charge is 0.497 e. The lowest BCUT2D eigenvalue weighted by Gasteiger charge is -2.34. The van der Waals surface area contributed by atoms with Crippen molar-refractivity contribution >= 4 is 17.6 Å². The summed E-state index contributed by atoms with van der Waals surface area (Å²) in [6, 6.07) is 12.8. The van der Waals surface area contributed by atoms with Crippen molar-refractivity contribution in [2.45, 2.75) is 58.8 Å². The monoisotopic (exact) mass is 526 g/mol. The maximum atomic E-state index is 13.4. The van der Waals surface area contributed by atoms with Crippen molar-refractivity contribution in [2.75, 3.05) is 39.2 Å². The second kappa shape index (κ2) is 13.5. The summed E-state index contributed by atoms with van der Waals surface area (Å²) in [6.07, 6.45) is -0.0957. The Morgan fingerprint density at radius 2 is 1.92 bits per heavy atom. The van der Waals surface area contributed by atoms with Gasteiger partial charge in [-0.1, -0.05) is 19.1 Å². The van der Waals surface area contributed by atoms with E-state index in [4.69, 9.17) is 9.47 Å². The fourth-order valence-corrected chi connectivity index (χ4v) is 4.57. The molecule has 2 aromatic carbocycles. The van der Waals surface area contributed by atoms with E-state index in [1.807, 2.05) is 58.2 Å². The van der Waals surface area contributed by atoms with E-state index < -0.39 is 0 Å². The summed E-state index contributed by atoms with van der Waals surface area (Å²) in [7, 11) is 3.70. The smallest absolute Gasteiger partial charge is 0.319 e. The molecule has 0 radical (unpaired) electrons. The van der Waals surface area contributed by atoms with E-state index in [9.17, 15) is 14.7 Å². The number of nitrogens with zero attached hydrogens (tertiary/aromatic N) is 2. The molecular weight excluding hydrogens is 484 g/mol. The first kappa shape index (κ1) is 29.3. The molecule has 1 aliphatic heterocycles. The molecule has 0 saturated heterocycles. The van der Waals surface area contributed by atoms with Crippen LogP contribution in [0.15, 0.2) is 42.5 Å². The van der Waals surface area contributed by atoms with Crippen LogP contribution in [0.2, 0.25) is 0 Å². The highest BCUT2D eigenvalue weighted by Crippen LogP contribution is 2.29. The summed E-state index contributed by atoms with van der Waals surface area (Å²) in [5.41, 5.74) is 2.44. The van der Waals surface area contributed by atoms with Gasteiger partial charge in [-0.25, -0.2) is 4.79 Å². The van der Waals surface area contributed by atoms with Gasteiger partial charge in [0, 0.05) is 42.8 Å². The van der Waals surface area contributed by atoms with Gasteiger partial charge in [-0.2, -0.15) is 0 Å². The summed E-state index contributed by atoms with van der Waals surface area (Å²) in [5, 5.41) is 15.5. The van der Waals surface area contributed by atoms with Crippen molar-refractivity contribution in [1.29, 1.82) is 0 Å². The molecule has 0 bridgehead atoms. The zero-order chi connectivity index (χ0) is 27.8. The van der Waals surface area contributed by atoms with E-state index in [2.05, 4.69) is 22.5 Å². The Balaban J connectivity index is 1.85. The molecule has 2 aromatic rings. The molecule has 3 rings (SSSR count). The van der Waals surface area contributed by atoms with Gasteiger partial charge in [-0.05, 0) is 63.7 Å². The highest BCUT2D eigenvalue weighted by atomic mass is 16.5. The Hall–Kier alpha value is -3.30. The van der Waals surface area contributed by atoms with Crippen molar-refractivity contribution in [2.24, 2.45) is 5.92 Å². The van der Waals surface area contributed by atoms with Crippen molar-refractivity contribution in [3.05, 3.63) is 53.6 Å².